The molecular formula is C14H13N3OS. The molecule has 1 aromatic carbocycles. The van der Waals surface area contributed by atoms with Gasteiger partial charge in [0.15, 0.2) is 0 Å². The minimum absolute atomic E-state index is 0.550. The Morgan fingerprint density at radius 3 is 3.05 bits per heavy atom. The molecular weight excluding hydrogens is 258 g/mol. The second-order valence-corrected chi connectivity index (χ2v) is 5.00. The molecule has 19 heavy (non-hydrogen) atoms. The van der Waals surface area contributed by atoms with Gasteiger partial charge in [-0.05, 0) is 11.6 Å². The van der Waals surface area contributed by atoms with Crippen LogP contribution in [0.3, 0.4) is 0 Å². The quantitative estimate of drug-likeness (QED) is 0.724. The number of nitrogens with zero attached hydrogens (tertiary/aromatic N) is 2. The van der Waals surface area contributed by atoms with Crippen molar-refractivity contribution >= 4 is 28.6 Å². The Kier molecular flexibility index (Phi) is 3.29. The van der Waals surface area contributed by atoms with E-state index < -0.39 is 0 Å². The molecule has 0 aliphatic carbocycles. The summed E-state index contributed by atoms with van der Waals surface area (Å²) < 4.78 is 2.17. The monoisotopic (exact) mass is 271 g/mol. The van der Waals surface area contributed by atoms with Gasteiger partial charge < -0.3 is 9.88 Å². The molecule has 1 N–H and O–H groups in total. The minimum Gasteiger partial charge on any atom is -0.355 e. The van der Waals surface area contributed by atoms with Crippen LogP contribution in [0.25, 0.3) is 10.9 Å². The second-order valence-electron chi connectivity index (χ2n) is 4.28. The van der Waals surface area contributed by atoms with Crippen molar-refractivity contribution in [2.45, 2.75) is 13.1 Å². The Labute approximate surface area is 114 Å². The lowest BCUT2D eigenvalue weighted by Crippen LogP contribution is -2.09. The molecule has 0 saturated carbocycles. The SMILES string of the molecule is O=CNCc1cn(Cc2cscn2)c2ccccc12. The number of carbonyl (C=O) groups is 1. The van der Waals surface area contributed by atoms with E-state index in [0.29, 0.717) is 6.54 Å². The van der Waals surface area contributed by atoms with Gasteiger partial charge in [-0.3, -0.25) is 4.79 Å². The van der Waals surface area contributed by atoms with Crippen LogP contribution in [0.15, 0.2) is 41.4 Å². The molecule has 0 atom stereocenters. The molecule has 0 unspecified atom stereocenters. The van der Waals surface area contributed by atoms with Gasteiger partial charge in [0, 0.05) is 29.0 Å². The van der Waals surface area contributed by atoms with Gasteiger partial charge in [0.25, 0.3) is 0 Å². The third-order valence-electron chi connectivity index (χ3n) is 3.06. The van der Waals surface area contributed by atoms with Crippen molar-refractivity contribution in [2.24, 2.45) is 0 Å². The molecule has 0 aliphatic rings. The van der Waals surface area contributed by atoms with Crippen LogP contribution in [0.2, 0.25) is 0 Å². The zero-order valence-corrected chi connectivity index (χ0v) is 11.1. The van der Waals surface area contributed by atoms with Gasteiger partial charge in [0.05, 0.1) is 17.7 Å². The van der Waals surface area contributed by atoms with E-state index in [-0.39, 0.29) is 0 Å². The normalized spacial score (nSPS) is 10.7. The molecule has 0 aliphatic heterocycles. The van der Waals surface area contributed by atoms with Crippen LogP contribution in [-0.2, 0) is 17.9 Å². The van der Waals surface area contributed by atoms with Crippen molar-refractivity contribution < 1.29 is 4.79 Å². The molecule has 1 amide bonds. The minimum atomic E-state index is 0.550. The molecule has 0 radical (unpaired) electrons. The van der Waals surface area contributed by atoms with Gasteiger partial charge in [0.1, 0.15) is 0 Å². The van der Waals surface area contributed by atoms with Crippen LogP contribution < -0.4 is 5.32 Å². The molecule has 0 fully saturated rings. The fraction of sp³-hybridized carbons (Fsp3) is 0.143. The van der Waals surface area contributed by atoms with Crippen molar-refractivity contribution in [3.63, 3.8) is 0 Å². The molecule has 96 valence electrons. The summed E-state index contributed by atoms with van der Waals surface area (Å²) in [6.07, 6.45) is 2.81. The maximum atomic E-state index is 10.5. The summed E-state index contributed by atoms with van der Waals surface area (Å²) in [6, 6.07) is 8.21. The summed E-state index contributed by atoms with van der Waals surface area (Å²) in [4.78, 5) is 14.8. The van der Waals surface area contributed by atoms with Crippen LogP contribution in [0.4, 0.5) is 0 Å². The predicted octanol–water partition coefficient (Wildman–Crippen LogP) is 2.39. The number of para-hydroxylation sites is 1. The number of hydrogen-bond donors (Lipinski definition) is 1. The standard InChI is InChI=1S/C14H13N3OS/c18-9-15-5-11-6-17(7-12-8-19-10-16-12)14-4-2-1-3-13(11)14/h1-4,6,8-10H,5,7H2,(H,15,18). The molecule has 2 aromatic heterocycles. The van der Waals surface area contributed by atoms with Gasteiger partial charge in [0.2, 0.25) is 6.41 Å². The van der Waals surface area contributed by atoms with Gasteiger partial charge in [-0.25, -0.2) is 4.98 Å². The lowest BCUT2D eigenvalue weighted by Gasteiger charge is -2.01. The summed E-state index contributed by atoms with van der Waals surface area (Å²) in [5.74, 6) is 0. The van der Waals surface area contributed by atoms with Crippen molar-refractivity contribution in [1.29, 1.82) is 0 Å². The fourth-order valence-electron chi connectivity index (χ4n) is 2.24. The number of benzene rings is 1. The van der Waals surface area contributed by atoms with Gasteiger partial charge in [-0.15, -0.1) is 11.3 Å². The molecule has 0 saturated heterocycles. The topological polar surface area (TPSA) is 46.9 Å². The third-order valence-corrected chi connectivity index (χ3v) is 3.70. The van der Waals surface area contributed by atoms with E-state index >= 15 is 0 Å². The lowest BCUT2D eigenvalue weighted by atomic mass is 10.2. The van der Waals surface area contributed by atoms with Crippen molar-refractivity contribution in [3.05, 3.63) is 52.6 Å². The average molecular weight is 271 g/mol. The number of rotatable bonds is 5. The van der Waals surface area contributed by atoms with E-state index in [0.717, 1.165) is 29.7 Å². The highest BCUT2D eigenvalue weighted by Crippen LogP contribution is 2.22. The lowest BCUT2D eigenvalue weighted by molar-refractivity contribution is -0.109. The fourth-order valence-corrected chi connectivity index (χ4v) is 2.79. The highest BCUT2D eigenvalue weighted by molar-refractivity contribution is 7.07. The van der Waals surface area contributed by atoms with E-state index in [9.17, 15) is 4.79 Å². The number of carbonyl (C=O) groups excluding carboxylic acids is 1. The van der Waals surface area contributed by atoms with E-state index in [4.69, 9.17) is 0 Å². The maximum Gasteiger partial charge on any atom is 0.207 e. The van der Waals surface area contributed by atoms with Gasteiger partial charge >= 0.3 is 0 Å². The van der Waals surface area contributed by atoms with E-state index in [1.54, 1.807) is 11.3 Å². The first-order chi connectivity index (χ1) is 9.38. The smallest absolute Gasteiger partial charge is 0.207 e. The van der Waals surface area contributed by atoms with Crippen LogP contribution in [0, 0.1) is 0 Å². The first-order valence-corrected chi connectivity index (χ1v) is 6.93. The summed E-state index contributed by atoms with van der Waals surface area (Å²) >= 11 is 1.60. The first-order valence-electron chi connectivity index (χ1n) is 5.99. The third kappa shape index (κ3) is 2.37. The predicted molar refractivity (Wildman–Crippen MR) is 76.1 cm³/mol. The Morgan fingerprint density at radius 2 is 2.26 bits per heavy atom. The number of thiazole rings is 1. The van der Waals surface area contributed by atoms with E-state index in [1.165, 1.54) is 5.39 Å². The Bertz CT molecular complexity index is 688. The van der Waals surface area contributed by atoms with Crippen LogP contribution in [-0.4, -0.2) is 16.0 Å². The van der Waals surface area contributed by atoms with E-state index in [1.807, 2.05) is 17.6 Å². The first kappa shape index (κ1) is 11.9. The van der Waals surface area contributed by atoms with Crippen molar-refractivity contribution in [3.8, 4) is 0 Å². The number of nitrogens with one attached hydrogen (secondary N) is 1. The molecule has 5 heteroatoms. The molecule has 2 heterocycles. The number of fused-ring (bicyclic) bond motifs is 1. The maximum absolute atomic E-state index is 10.5. The molecule has 3 rings (SSSR count). The summed E-state index contributed by atoms with van der Waals surface area (Å²) in [5.41, 5.74) is 5.19. The molecule has 3 aromatic rings. The Hall–Kier alpha value is -2.14. The summed E-state index contributed by atoms with van der Waals surface area (Å²) in [7, 11) is 0. The highest BCUT2D eigenvalue weighted by atomic mass is 32.1. The Morgan fingerprint density at radius 1 is 1.37 bits per heavy atom. The number of aromatic nitrogens is 2. The number of hydrogen-bond acceptors (Lipinski definition) is 3. The van der Waals surface area contributed by atoms with Gasteiger partial charge in [-0.1, -0.05) is 18.2 Å². The summed E-state index contributed by atoms with van der Waals surface area (Å²) in [6.45, 7) is 1.30. The van der Waals surface area contributed by atoms with Crippen LogP contribution >= 0.6 is 11.3 Å². The van der Waals surface area contributed by atoms with Crippen molar-refractivity contribution in [2.75, 3.05) is 0 Å². The highest BCUT2D eigenvalue weighted by Gasteiger charge is 2.08. The molecule has 0 spiro atoms. The molecule has 4 nitrogen and oxygen atoms in total. The summed E-state index contributed by atoms with van der Waals surface area (Å²) in [5, 5.41) is 5.95. The zero-order valence-electron chi connectivity index (χ0n) is 10.2. The average Bonchev–Trinajstić information content (AvgIpc) is 3.06. The zero-order chi connectivity index (χ0) is 13.1. The molecule has 0 bridgehead atoms. The van der Waals surface area contributed by atoms with Crippen LogP contribution in [0.5, 0.6) is 0 Å². The van der Waals surface area contributed by atoms with Crippen LogP contribution in [0.1, 0.15) is 11.3 Å². The van der Waals surface area contributed by atoms with E-state index in [2.05, 4.69) is 38.6 Å². The second kappa shape index (κ2) is 5.24. The van der Waals surface area contributed by atoms with Gasteiger partial charge in [-0.2, -0.15) is 0 Å². The largest absolute Gasteiger partial charge is 0.355 e. The Balaban J connectivity index is 2.01. The van der Waals surface area contributed by atoms with Crippen molar-refractivity contribution in [1.82, 2.24) is 14.9 Å². The number of amides is 1.